The Bertz CT molecular complexity index is 628. The van der Waals surface area contributed by atoms with E-state index in [1.807, 2.05) is 13.8 Å². The Kier molecular flexibility index (Phi) is 9.62. The minimum absolute atomic E-state index is 0.269. The van der Waals surface area contributed by atoms with Crippen LogP contribution in [0.4, 0.5) is 10.5 Å². The molecule has 0 unspecified atom stereocenters. The van der Waals surface area contributed by atoms with E-state index in [-0.39, 0.29) is 12.5 Å². The molecule has 0 bridgehead atoms. The number of amides is 3. The van der Waals surface area contributed by atoms with Crippen molar-refractivity contribution in [1.82, 2.24) is 5.32 Å². The van der Waals surface area contributed by atoms with E-state index >= 15 is 0 Å². The lowest BCUT2D eigenvalue weighted by atomic mass is 9.97. The first-order chi connectivity index (χ1) is 13.6. The number of carbonyl (C=O) groups excluding carboxylic acids is 2. The molecule has 0 aromatic heterocycles. The molecular formula is C21H34N3O4+. The maximum atomic E-state index is 12.1. The lowest BCUT2D eigenvalue weighted by Crippen LogP contribution is -2.92. The zero-order valence-electron chi connectivity index (χ0n) is 17.1. The Hall–Kier alpha value is -2.28. The first kappa shape index (κ1) is 22.0. The summed E-state index contributed by atoms with van der Waals surface area (Å²) in [5, 5.41) is 7.14. The van der Waals surface area contributed by atoms with E-state index in [2.05, 4.69) is 16.0 Å². The van der Waals surface area contributed by atoms with Gasteiger partial charge in [-0.05, 0) is 51.7 Å². The molecule has 1 aromatic rings. The topological polar surface area (TPSA) is 93.3 Å². The summed E-state index contributed by atoms with van der Waals surface area (Å²) < 4.78 is 11.1. The third-order valence-electron chi connectivity index (χ3n) is 4.84. The Morgan fingerprint density at radius 2 is 1.64 bits per heavy atom. The number of rotatable bonds is 8. The van der Waals surface area contributed by atoms with Crippen molar-refractivity contribution < 1.29 is 24.4 Å². The van der Waals surface area contributed by atoms with Crippen molar-refractivity contribution >= 4 is 17.6 Å². The maximum Gasteiger partial charge on any atom is 0.326 e. The Morgan fingerprint density at radius 3 is 2.32 bits per heavy atom. The number of imide groups is 1. The van der Waals surface area contributed by atoms with Crippen molar-refractivity contribution in [2.75, 3.05) is 25.1 Å². The molecular weight excluding hydrogens is 358 g/mol. The van der Waals surface area contributed by atoms with Crippen LogP contribution >= 0.6 is 0 Å². The van der Waals surface area contributed by atoms with Crippen LogP contribution in [-0.4, -0.2) is 37.7 Å². The summed E-state index contributed by atoms with van der Waals surface area (Å²) in [6.07, 6.45) is 8.63. The van der Waals surface area contributed by atoms with Gasteiger partial charge in [0.1, 0.15) is 0 Å². The molecule has 4 N–H and O–H groups in total. The number of nitrogens with one attached hydrogen (secondary N) is 2. The normalized spacial score (nSPS) is 15.2. The fourth-order valence-electron chi connectivity index (χ4n) is 3.47. The highest BCUT2D eigenvalue weighted by Gasteiger charge is 2.17. The summed E-state index contributed by atoms with van der Waals surface area (Å²) >= 11 is 0. The molecule has 1 aliphatic carbocycles. The molecule has 28 heavy (non-hydrogen) atoms. The molecule has 7 nitrogen and oxygen atoms in total. The molecule has 3 amide bonds. The fourth-order valence-corrected chi connectivity index (χ4v) is 3.47. The van der Waals surface area contributed by atoms with Gasteiger partial charge in [-0.25, -0.2) is 4.79 Å². The Labute approximate surface area is 167 Å². The highest BCUT2D eigenvalue weighted by Crippen LogP contribution is 2.30. The fraction of sp³-hybridized carbons (Fsp3) is 0.619. The molecule has 2 rings (SSSR count). The molecule has 0 spiro atoms. The number of nitrogens with two attached hydrogens (primary N) is 1. The van der Waals surface area contributed by atoms with E-state index in [4.69, 9.17) is 9.47 Å². The molecule has 0 aliphatic heterocycles. The van der Waals surface area contributed by atoms with Crippen LogP contribution < -0.4 is 25.4 Å². The second kappa shape index (κ2) is 12.2. The van der Waals surface area contributed by atoms with Gasteiger partial charge in [0.15, 0.2) is 18.0 Å². The van der Waals surface area contributed by atoms with Crippen molar-refractivity contribution in [1.29, 1.82) is 0 Å². The van der Waals surface area contributed by atoms with Crippen molar-refractivity contribution in [3.8, 4) is 11.5 Å². The highest BCUT2D eigenvalue weighted by molar-refractivity contribution is 6.01. The van der Waals surface area contributed by atoms with E-state index in [0.29, 0.717) is 36.4 Å². The number of hydrogen-bond acceptors (Lipinski definition) is 4. The number of quaternary nitrogens is 1. The van der Waals surface area contributed by atoms with Crippen molar-refractivity contribution in [3.05, 3.63) is 18.2 Å². The van der Waals surface area contributed by atoms with Crippen LogP contribution in [0.15, 0.2) is 18.2 Å². The number of benzene rings is 1. The van der Waals surface area contributed by atoms with Gasteiger partial charge in [0.25, 0.3) is 5.91 Å². The molecule has 7 heteroatoms. The quantitative estimate of drug-likeness (QED) is 0.634. The smallest absolute Gasteiger partial charge is 0.326 e. The average molecular weight is 393 g/mol. The number of anilines is 1. The van der Waals surface area contributed by atoms with E-state index in [0.717, 1.165) is 12.8 Å². The zero-order chi connectivity index (χ0) is 20.2. The maximum absolute atomic E-state index is 12.1. The van der Waals surface area contributed by atoms with Gasteiger partial charge in [-0.2, -0.15) is 0 Å². The van der Waals surface area contributed by atoms with Crippen LogP contribution in [0, 0.1) is 0 Å². The lowest BCUT2D eigenvalue weighted by molar-refractivity contribution is -0.680. The molecule has 0 radical (unpaired) electrons. The minimum Gasteiger partial charge on any atom is -0.490 e. The van der Waals surface area contributed by atoms with Gasteiger partial charge in [0.2, 0.25) is 0 Å². The van der Waals surface area contributed by atoms with Gasteiger partial charge in [0.05, 0.1) is 19.3 Å². The molecule has 156 valence electrons. The summed E-state index contributed by atoms with van der Waals surface area (Å²) in [6.45, 7) is 5.07. The van der Waals surface area contributed by atoms with Gasteiger partial charge in [-0.3, -0.25) is 10.1 Å². The molecule has 1 aliphatic rings. The summed E-state index contributed by atoms with van der Waals surface area (Å²) in [4.78, 5) is 24.2. The standard InChI is InChI=1S/C21H33N3O4/c1-3-27-18-13-12-17(14-19(18)28-4-2)23-21(26)24-20(25)15-22-16-10-8-6-5-7-9-11-16/h12-14,16,22H,3-11,15H2,1-2H3,(H2,23,24,25,26)/p+1. The van der Waals surface area contributed by atoms with Crippen molar-refractivity contribution in [2.45, 2.75) is 64.8 Å². The second-order valence-electron chi connectivity index (χ2n) is 7.07. The second-order valence-corrected chi connectivity index (χ2v) is 7.07. The van der Waals surface area contributed by atoms with Crippen LogP contribution in [0.3, 0.4) is 0 Å². The van der Waals surface area contributed by atoms with Gasteiger partial charge in [-0.1, -0.05) is 19.3 Å². The Balaban J connectivity index is 1.80. The predicted molar refractivity (Wildman–Crippen MR) is 109 cm³/mol. The molecule has 0 atom stereocenters. The number of ether oxygens (including phenoxy) is 2. The van der Waals surface area contributed by atoms with Crippen LogP contribution in [0.5, 0.6) is 11.5 Å². The highest BCUT2D eigenvalue weighted by atomic mass is 16.5. The van der Waals surface area contributed by atoms with Crippen molar-refractivity contribution in [3.63, 3.8) is 0 Å². The van der Waals surface area contributed by atoms with E-state index in [9.17, 15) is 9.59 Å². The summed E-state index contributed by atoms with van der Waals surface area (Å²) in [7, 11) is 0. The van der Waals surface area contributed by atoms with Crippen LogP contribution in [0.2, 0.25) is 0 Å². The number of urea groups is 1. The SMILES string of the molecule is CCOc1ccc(NC(=O)NC(=O)C[NH2+]C2CCCCCCC2)cc1OCC. The molecule has 0 heterocycles. The van der Waals surface area contributed by atoms with Crippen molar-refractivity contribution in [2.24, 2.45) is 0 Å². The number of carbonyl (C=O) groups is 2. The molecule has 0 saturated heterocycles. The van der Waals surface area contributed by atoms with Crippen LogP contribution in [0.25, 0.3) is 0 Å². The molecule has 1 aromatic carbocycles. The zero-order valence-corrected chi connectivity index (χ0v) is 17.1. The monoisotopic (exact) mass is 392 g/mol. The third-order valence-corrected chi connectivity index (χ3v) is 4.84. The third kappa shape index (κ3) is 7.76. The van der Waals surface area contributed by atoms with Crippen LogP contribution in [-0.2, 0) is 4.79 Å². The lowest BCUT2D eigenvalue weighted by Gasteiger charge is -2.18. The Morgan fingerprint density at radius 1 is 1.00 bits per heavy atom. The number of hydrogen-bond donors (Lipinski definition) is 3. The van der Waals surface area contributed by atoms with E-state index in [1.54, 1.807) is 18.2 Å². The summed E-state index contributed by atoms with van der Waals surface area (Å²) in [5.74, 6) is 0.904. The van der Waals surface area contributed by atoms with Gasteiger partial charge >= 0.3 is 6.03 Å². The summed E-state index contributed by atoms with van der Waals surface area (Å²) in [5.41, 5.74) is 0.543. The average Bonchev–Trinajstić information content (AvgIpc) is 2.63. The largest absolute Gasteiger partial charge is 0.490 e. The first-order valence-corrected chi connectivity index (χ1v) is 10.5. The van der Waals surface area contributed by atoms with Crippen LogP contribution in [0.1, 0.15) is 58.8 Å². The van der Waals surface area contributed by atoms with E-state index in [1.165, 1.54) is 32.1 Å². The predicted octanol–water partition coefficient (Wildman–Crippen LogP) is 2.81. The first-order valence-electron chi connectivity index (χ1n) is 10.5. The van der Waals surface area contributed by atoms with Gasteiger partial charge in [-0.15, -0.1) is 0 Å². The molecule has 1 fully saturated rings. The van der Waals surface area contributed by atoms with E-state index < -0.39 is 6.03 Å². The minimum atomic E-state index is -0.539. The summed E-state index contributed by atoms with van der Waals surface area (Å²) in [6, 6.07) is 5.10. The van der Waals surface area contributed by atoms with Gasteiger partial charge < -0.3 is 20.1 Å². The van der Waals surface area contributed by atoms with Gasteiger partial charge in [0, 0.05) is 11.8 Å². The molecule has 1 saturated carbocycles.